The number of hydrogen-bond donors (Lipinski definition) is 0. The van der Waals surface area contributed by atoms with E-state index in [2.05, 4.69) is 0 Å². The van der Waals surface area contributed by atoms with Crippen LogP contribution in [0.4, 0.5) is 5.69 Å². The van der Waals surface area contributed by atoms with Crippen LogP contribution < -0.4 is 4.90 Å². The van der Waals surface area contributed by atoms with E-state index in [1.54, 1.807) is 0 Å². The van der Waals surface area contributed by atoms with Gasteiger partial charge in [0.25, 0.3) is 5.91 Å². The quantitative estimate of drug-likeness (QED) is 0.787. The smallest absolute Gasteiger partial charge is 0.259 e. The topological polar surface area (TPSA) is 49.9 Å². The van der Waals surface area contributed by atoms with Crippen molar-refractivity contribution in [2.45, 2.75) is 37.1 Å². The van der Waals surface area contributed by atoms with Crippen LogP contribution in [0.1, 0.15) is 47.5 Å². The highest BCUT2D eigenvalue weighted by Crippen LogP contribution is 2.52. The molecule has 0 radical (unpaired) electrons. The first kappa shape index (κ1) is 18.4. The van der Waals surface area contributed by atoms with Gasteiger partial charge >= 0.3 is 0 Å². The van der Waals surface area contributed by atoms with E-state index >= 15 is 0 Å². The van der Waals surface area contributed by atoms with Crippen LogP contribution in [-0.2, 0) is 9.53 Å². The molecule has 2 aliphatic heterocycles. The summed E-state index contributed by atoms with van der Waals surface area (Å²) in [5.41, 5.74) is 1.93. The number of morpholine rings is 1. The van der Waals surface area contributed by atoms with E-state index in [9.17, 15) is 9.59 Å². The number of amides is 2. The standard InChI is InChI=1S/C24H26N2O3/c27-22-20-11-5-4-10-19(20)21(23(28)25-14-16-29-17-15-25)24(12-6-7-13-24)26(22)18-8-2-1-3-9-18/h1-5,8-11,21H,6-7,12-17H2/t21-/m0/s1. The molecule has 0 N–H and O–H groups in total. The summed E-state index contributed by atoms with van der Waals surface area (Å²) in [5, 5.41) is 0. The molecule has 0 aromatic heterocycles. The first-order valence-corrected chi connectivity index (χ1v) is 10.6. The molecule has 2 aromatic rings. The Morgan fingerprint density at radius 1 is 0.931 bits per heavy atom. The summed E-state index contributed by atoms with van der Waals surface area (Å²) in [5.74, 6) is -0.187. The monoisotopic (exact) mass is 390 g/mol. The number of fused-ring (bicyclic) bond motifs is 1. The number of carbonyl (C=O) groups excluding carboxylic acids is 2. The number of hydrogen-bond acceptors (Lipinski definition) is 3. The van der Waals surface area contributed by atoms with Crippen molar-refractivity contribution < 1.29 is 14.3 Å². The van der Waals surface area contributed by atoms with Crippen molar-refractivity contribution in [2.75, 3.05) is 31.2 Å². The third kappa shape index (κ3) is 2.87. The van der Waals surface area contributed by atoms with Crippen molar-refractivity contribution in [3.05, 3.63) is 65.7 Å². The van der Waals surface area contributed by atoms with Crippen molar-refractivity contribution in [2.24, 2.45) is 0 Å². The third-order valence-electron chi connectivity index (χ3n) is 6.74. The van der Waals surface area contributed by atoms with Crippen molar-refractivity contribution in [3.63, 3.8) is 0 Å². The van der Waals surface area contributed by atoms with Gasteiger partial charge in [-0.3, -0.25) is 9.59 Å². The molecule has 5 rings (SSSR count). The van der Waals surface area contributed by atoms with Crippen LogP contribution in [0.2, 0.25) is 0 Å². The molecular formula is C24H26N2O3. The van der Waals surface area contributed by atoms with Gasteiger partial charge in [-0.2, -0.15) is 0 Å². The fourth-order valence-corrected chi connectivity index (χ4v) is 5.46. The fraction of sp³-hybridized carbons (Fsp3) is 0.417. The molecule has 1 atom stereocenters. The normalized spacial score (nSPS) is 23.3. The van der Waals surface area contributed by atoms with Gasteiger partial charge < -0.3 is 14.5 Å². The van der Waals surface area contributed by atoms with Crippen LogP contribution in [0, 0.1) is 0 Å². The van der Waals surface area contributed by atoms with Gasteiger partial charge in [0.15, 0.2) is 0 Å². The predicted octanol–water partition coefficient (Wildman–Crippen LogP) is 3.60. The number of ether oxygens (including phenoxy) is 1. The summed E-state index contributed by atoms with van der Waals surface area (Å²) >= 11 is 0. The van der Waals surface area contributed by atoms with E-state index < -0.39 is 5.54 Å². The molecule has 1 aliphatic carbocycles. The van der Waals surface area contributed by atoms with Gasteiger partial charge in [0.05, 0.1) is 24.7 Å². The number of para-hydroxylation sites is 1. The van der Waals surface area contributed by atoms with Crippen LogP contribution in [0.15, 0.2) is 54.6 Å². The summed E-state index contributed by atoms with van der Waals surface area (Å²) in [6.45, 7) is 2.39. The van der Waals surface area contributed by atoms with Crippen molar-refractivity contribution in [3.8, 4) is 0 Å². The highest BCUT2D eigenvalue weighted by molar-refractivity contribution is 6.12. The van der Waals surface area contributed by atoms with E-state index in [0.29, 0.717) is 31.9 Å². The summed E-state index contributed by atoms with van der Waals surface area (Å²) in [4.78, 5) is 31.5. The lowest BCUT2D eigenvalue weighted by Crippen LogP contribution is -2.62. The maximum absolute atomic E-state index is 13.9. The van der Waals surface area contributed by atoms with Gasteiger partial charge in [0, 0.05) is 24.3 Å². The second kappa shape index (κ2) is 7.30. The summed E-state index contributed by atoms with van der Waals surface area (Å²) in [6, 6.07) is 17.6. The average molecular weight is 390 g/mol. The summed E-state index contributed by atoms with van der Waals surface area (Å²) < 4.78 is 5.47. The van der Waals surface area contributed by atoms with E-state index in [1.165, 1.54) is 0 Å². The van der Waals surface area contributed by atoms with Gasteiger partial charge in [-0.25, -0.2) is 0 Å². The molecular weight excluding hydrogens is 364 g/mol. The molecule has 150 valence electrons. The first-order chi connectivity index (χ1) is 14.2. The molecule has 1 spiro atoms. The molecule has 5 nitrogen and oxygen atoms in total. The predicted molar refractivity (Wildman–Crippen MR) is 111 cm³/mol. The maximum Gasteiger partial charge on any atom is 0.259 e. The van der Waals surface area contributed by atoms with Crippen LogP contribution >= 0.6 is 0 Å². The molecule has 2 amide bonds. The lowest BCUT2D eigenvalue weighted by molar-refractivity contribution is -0.138. The Bertz CT molecular complexity index is 915. The number of benzene rings is 2. The van der Waals surface area contributed by atoms with Crippen LogP contribution in [-0.4, -0.2) is 48.6 Å². The summed E-state index contributed by atoms with van der Waals surface area (Å²) in [7, 11) is 0. The van der Waals surface area contributed by atoms with E-state index in [-0.39, 0.29) is 17.7 Å². The van der Waals surface area contributed by atoms with Crippen LogP contribution in [0.3, 0.4) is 0 Å². The molecule has 0 unspecified atom stereocenters. The number of anilines is 1. The Labute approximate surface area is 171 Å². The van der Waals surface area contributed by atoms with Crippen molar-refractivity contribution in [1.82, 2.24) is 4.90 Å². The van der Waals surface area contributed by atoms with E-state index in [0.717, 1.165) is 36.9 Å². The van der Waals surface area contributed by atoms with Gasteiger partial charge in [0.1, 0.15) is 0 Å². The SMILES string of the molecule is O=C([C@@H]1c2ccccc2C(=O)N(c2ccccc2)C12CCCC2)N1CCOCC1. The minimum Gasteiger partial charge on any atom is -0.378 e. The fourth-order valence-electron chi connectivity index (χ4n) is 5.46. The molecule has 29 heavy (non-hydrogen) atoms. The average Bonchev–Trinajstić information content (AvgIpc) is 3.24. The Morgan fingerprint density at radius 2 is 1.59 bits per heavy atom. The molecule has 0 bridgehead atoms. The second-order valence-corrected chi connectivity index (χ2v) is 8.24. The van der Waals surface area contributed by atoms with Crippen molar-refractivity contribution in [1.29, 1.82) is 0 Å². The highest BCUT2D eigenvalue weighted by Gasteiger charge is 2.56. The highest BCUT2D eigenvalue weighted by atomic mass is 16.5. The molecule has 5 heteroatoms. The first-order valence-electron chi connectivity index (χ1n) is 10.6. The Hall–Kier alpha value is -2.66. The largest absolute Gasteiger partial charge is 0.378 e. The van der Waals surface area contributed by atoms with Gasteiger partial charge in [-0.1, -0.05) is 49.2 Å². The minimum atomic E-state index is -0.498. The molecule has 2 heterocycles. The maximum atomic E-state index is 13.9. The summed E-state index contributed by atoms with van der Waals surface area (Å²) in [6.07, 6.45) is 3.77. The van der Waals surface area contributed by atoms with E-state index in [1.807, 2.05) is 64.4 Å². The van der Waals surface area contributed by atoms with Crippen LogP contribution in [0.5, 0.6) is 0 Å². The number of rotatable bonds is 2. The zero-order valence-corrected chi connectivity index (χ0v) is 16.5. The molecule has 1 saturated heterocycles. The lowest BCUT2D eigenvalue weighted by atomic mass is 9.70. The number of carbonyl (C=O) groups is 2. The minimum absolute atomic E-state index is 0.0136. The lowest BCUT2D eigenvalue weighted by Gasteiger charge is -2.51. The molecule has 2 fully saturated rings. The van der Waals surface area contributed by atoms with Gasteiger partial charge in [-0.15, -0.1) is 0 Å². The molecule has 2 aromatic carbocycles. The van der Waals surface area contributed by atoms with Gasteiger partial charge in [0.2, 0.25) is 5.91 Å². The molecule has 1 saturated carbocycles. The zero-order valence-electron chi connectivity index (χ0n) is 16.5. The Kier molecular flexibility index (Phi) is 4.63. The number of nitrogens with zero attached hydrogens (tertiary/aromatic N) is 2. The molecule has 3 aliphatic rings. The second-order valence-electron chi connectivity index (χ2n) is 8.24. The van der Waals surface area contributed by atoms with Crippen molar-refractivity contribution >= 4 is 17.5 Å². The van der Waals surface area contributed by atoms with Crippen LogP contribution in [0.25, 0.3) is 0 Å². The van der Waals surface area contributed by atoms with E-state index in [4.69, 9.17) is 4.74 Å². The zero-order chi connectivity index (χ0) is 19.8. The third-order valence-corrected chi connectivity index (χ3v) is 6.74. The Balaban J connectivity index is 1.69. The Morgan fingerprint density at radius 3 is 2.31 bits per heavy atom. The van der Waals surface area contributed by atoms with Gasteiger partial charge in [-0.05, 0) is 36.6 Å².